The maximum absolute atomic E-state index is 14.2. The molecule has 1 aliphatic heterocycles. The Bertz CT molecular complexity index is 1120. The van der Waals surface area contributed by atoms with Crippen LogP contribution in [0.15, 0.2) is 24.3 Å². The molecule has 1 saturated heterocycles. The summed E-state index contributed by atoms with van der Waals surface area (Å²) in [6, 6.07) is 6.84. The van der Waals surface area contributed by atoms with Crippen LogP contribution in [0.25, 0.3) is 16.8 Å². The number of nitrogens with two attached hydrogens (primary N) is 1. The highest BCUT2D eigenvalue weighted by atomic mass is 19.1. The lowest BCUT2D eigenvalue weighted by atomic mass is 9.97. The monoisotopic (exact) mass is 395 g/mol. The number of aromatic nitrogens is 3. The van der Waals surface area contributed by atoms with Gasteiger partial charge in [0.2, 0.25) is 0 Å². The van der Waals surface area contributed by atoms with E-state index in [9.17, 15) is 9.18 Å². The Labute approximate surface area is 167 Å². The standard InChI is InChI=1S/C21H22FN5O2/c1-12-8-17(22)16(20(23)28)11-15(12)14-9-18-24-21(13-2-3-13)25-27(18)19(10-14)26-4-6-29-7-5-26/h8-11,13H,2-7H2,1H3,(H2,23,28). The molecule has 0 unspecified atom stereocenters. The number of nitrogens with zero attached hydrogens (tertiary/aromatic N) is 4. The van der Waals surface area contributed by atoms with Gasteiger partial charge in [0.25, 0.3) is 5.91 Å². The number of hydrogen-bond acceptors (Lipinski definition) is 5. The molecule has 8 heteroatoms. The average Bonchev–Trinajstić information content (AvgIpc) is 3.46. The summed E-state index contributed by atoms with van der Waals surface area (Å²) in [5.41, 5.74) is 8.34. The van der Waals surface area contributed by atoms with Gasteiger partial charge in [-0.3, -0.25) is 4.79 Å². The van der Waals surface area contributed by atoms with E-state index in [1.807, 2.05) is 23.6 Å². The molecule has 7 nitrogen and oxygen atoms in total. The molecule has 5 rings (SSSR count). The van der Waals surface area contributed by atoms with Gasteiger partial charge in [-0.15, -0.1) is 5.10 Å². The number of benzene rings is 1. The third-order valence-electron chi connectivity index (χ3n) is 5.60. The number of aryl methyl sites for hydroxylation is 1. The molecule has 0 spiro atoms. The molecular formula is C21H22FN5O2. The molecule has 3 heterocycles. The number of carbonyl (C=O) groups excluding carboxylic acids is 1. The second-order valence-corrected chi connectivity index (χ2v) is 7.73. The molecule has 0 bridgehead atoms. The highest BCUT2D eigenvalue weighted by Gasteiger charge is 2.29. The number of rotatable bonds is 4. The number of ether oxygens (including phenoxy) is 1. The van der Waals surface area contributed by atoms with Gasteiger partial charge in [0.15, 0.2) is 11.5 Å². The fourth-order valence-electron chi connectivity index (χ4n) is 3.84. The predicted molar refractivity (Wildman–Crippen MR) is 107 cm³/mol. The van der Waals surface area contributed by atoms with E-state index in [1.165, 1.54) is 12.1 Å². The van der Waals surface area contributed by atoms with Crippen LogP contribution in [0.1, 0.15) is 40.5 Å². The molecule has 1 aromatic carbocycles. The summed E-state index contributed by atoms with van der Waals surface area (Å²) >= 11 is 0. The molecule has 1 amide bonds. The van der Waals surface area contributed by atoms with E-state index in [0.29, 0.717) is 19.1 Å². The topological polar surface area (TPSA) is 85.8 Å². The van der Waals surface area contributed by atoms with Crippen molar-refractivity contribution in [2.45, 2.75) is 25.7 Å². The number of morpholine rings is 1. The van der Waals surface area contributed by atoms with E-state index < -0.39 is 11.7 Å². The molecule has 2 aromatic heterocycles. The molecule has 1 saturated carbocycles. The minimum absolute atomic E-state index is 0.112. The van der Waals surface area contributed by atoms with Crippen molar-refractivity contribution in [1.82, 2.24) is 14.6 Å². The summed E-state index contributed by atoms with van der Waals surface area (Å²) in [5.74, 6) is 0.836. The van der Waals surface area contributed by atoms with Crippen molar-refractivity contribution in [1.29, 1.82) is 0 Å². The molecule has 2 aliphatic rings. The Morgan fingerprint density at radius 3 is 2.66 bits per heavy atom. The van der Waals surface area contributed by atoms with Gasteiger partial charge in [-0.2, -0.15) is 4.52 Å². The van der Waals surface area contributed by atoms with Crippen molar-refractivity contribution in [3.63, 3.8) is 0 Å². The van der Waals surface area contributed by atoms with E-state index in [2.05, 4.69) is 4.90 Å². The van der Waals surface area contributed by atoms with Crippen molar-refractivity contribution in [2.24, 2.45) is 5.73 Å². The number of hydrogen-bond donors (Lipinski definition) is 1. The number of pyridine rings is 1. The van der Waals surface area contributed by atoms with Crippen LogP contribution < -0.4 is 10.6 Å². The second-order valence-electron chi connectivity index (χ2n) is 7.73. The normalized spacial score (nSPS) is 17.1. The lowest BCUT2D eigenvalue weighted by Crippen LogP contribution is -2.37. The molecule has 0 atom stereocenters. The van der Waals surface area contributed by atoms with Crippen LogP contribution >= 0.6 is 0 Å². The molecule has 2 fully saturated rings. The summed E-state index contributed by atoms with van der Waals surface area (Å²) < 4.78 is 21.6. The summed E-state index contributed by atoms with van der Waals surface area (Å²) in [5, 5.41) is 4.76. The first-order valence-corrected chi connectivity index (χ1v) is 9.85. The Balaban J connectivity index is 1.70. The van der Waals surface area contributed by atoms with E-state index in [0.717, 1.165) is 59.9 Å². The van der Waals surface area contributed by atoms with Crippen LogP contribution in [0.3, 0.4) is 0 Å². The van der Waals surface area contributed by atoms with Gasteiger partial charge in [0, 0.05) is 19.0 Å². The van der Waals surface area contributed by atoms with Crippen LogP contribution in [0.2, 0.25) is 0 Å². The molecule has 1 aliphatic carbocycles. The summed E-state index contributed by atoms with van der Waals surface area (Å²) in [7, 11) is 0. The Morgan fingerprint density at radius 2 is 1.97 bits per heavy atom. The number of halogens is 1. The van der Waals surface area contributed by atoms with E-state index in [4.69, 9.17) is 20.6 Å². The third kappa shape index (κ3) is 3.23. The van der Waals surface area contributed by atoms with Crippen molar-refractivity contribution in [3.8, 4) is 11.1 Å². The Morgan fingerprint density at radius 1 is 1.21 bits per heavy atom. The lowest BCUT2D eigenvalue weighted by molar-refractivity contribution is 0.0996. The van der Waals surface area contributed by atoms with E-state index in [1.54, 1.807) is 0 Å². The number of primary amides is 1. The summed E-state index contributed by atoms with van der Waals surface area (Å²) in [6.07, 6.45) is 2.24. The molecule has 0 radical (unpaired) electrons. The van der Waals surface area contributed by atoms with Crippen LogP contribution in [0.4, 0.5) is 10.2 Å². The lowest BCUT2D eigenvalue weighted by Gasteiger charge is -2.29. The van der Waals surface area contributed by atoms with Crippen molar-refractivity contribution in [3.05, 3.63) is 47.0 Å². The van der Waals surface area contributed by atoms with Gasteiger partial charge in [-0.25, -0.2) is 9.37 Å². The van der Waals surface area contributed by atoms with Gasteiger partial charge >= 0.3 is 0 Å². The highest BCUT2D eigenvalue weighted by molar-refractivity contribution is 5.95. The Kier molecular flexibility index (Phi) is 4.24. The summed E-state index contributed by atoms with van der Waals surface area (Å²) in [6.45, 7) is 4.63. The van der Waals surface area contributed by atoms with Gasteiger partial charge in [-0.1, -0.05) is 0 Å². The van der Waals surface area contributed by atoms with Gasteiger partial charge in [-0.05, 0) is 60.7 Å². The number of carbonyl (C=O) groups is 1. The first kappa shape index (κ1) is 18.1. The predicted octanol–water partition coefficient (Wildman–Crippen LogP) is 2.66. The molecule has 3 aromatic rings. The van der Waals surface area contributed by atoms with Crippen LogP contribution in [0, 0.1) is 12.7 Å². The number of fused-ring (bicyclic) bond motifs is 1. The first-order chi connectivity index (χ1) is 14.0. The molecule has 29 heavy (non-hydrogen) atoms. The molecule has 150 valence electrons. The average molecular weight is 395 g/mol. The van der Waals surface area contributed by atoms with Crippen molar-refractivity contribution < 1.29 is 13.9 Å². The summed E-state index contributed by atoms with van der Waals surface area (Å²) in [4.78, 5) is 18.6. The quantitative estimate of drug-likeness (QED) is 0.734. The number of anilines is 1. The van der Waals surface area contributed by atoms with Crippen LogP contribution in [-0.4, -0.2) is 46.8 Å². The van der Waals surface area contributed by atoms with Crippen molar-refractivity contribution >= 4 is 17.4 Å². The Hall–Kier alpha value is -3.00. The number of amides is 1. The SMILES string of the molecule is Cc1cc(F)c(C(N)=O)cc1-c1cc(N2CCOCC2)n2nc(C3CC3)nc2c1. The van der Waals surface area contributed by atoms with Gasteiger partial charge < -0.3 is 15.4 Å². The van der Waals surface area contributed by atoms with Crippen LogP contribution in [0.5, 0.6) is 0 Å². The fourth-order valence-corrected chi connectivity index (χ4v) is 3.84. The fraction of sp³-hybridized carbons (Fsp3) is 0.381. The minimum atomic E-state index is -0.781. The third-order valence-corrected chi connectivity index (χ3v) is 5.60. The zero-order chi connectivity index (χ0) is 20.1. The van der Waals surface area contributed by atoms with Gasteiger partial charge in [0.1, 0.15) is 11.6 Å². The van der Waals surface area contributed by atoms with Crippen LogP contribution in [-0.2, 0) is 4.74 Å². The maximum atomic E-state index is 14.2. The largest absolute Gasteiger partial charge is 0.378 e. The van der Waals surface area contributed by atoms with E-state index >= 15 is 0 Å². The molecule has 2 N–H and O–H groups in total. The molecular weight excluding hydrogens is 373 g/mol. The zero-order valence-electron chi connectivity index (χ0n) is 16.2. The highest BCUT2D eigenvalue weighted by Crippen LogP contribution is 2.39. The van der Waals surface area contributed by atoms with Gasteiger partial charge in [0.05, 0.1) is 18.8 Å². The van der Waals surface area contributed by atoms with Crippen molar-refractivity contribution in [2.75, 3.05) is 31.2 Å². The van der Waals surface area contributed by atoms with E-state index in [-0.39, 0.29) is 5.56 Å². The maximum Gasteiger partial charge on any atom is 0.251 e. The smallest absolute Gasteiger partial charge is 0.251 e. The second kappa shape index (κ2) is 6.81. The zero-order valence-corrected chi connectivity index (χ0v) is 16.2. The minimum Gasteiger partial charge on any atom is -0.378 e. The first-order valence-electron chi connectivity index (χ1n) is 9.85.